The summed E-state index contributed by atoms with van der Waals surface area (Å²) in [4.78, 5) is 0. The predicted octanol–water partition coefficient (Wildman–Crippen LogP) is 0.648. The van der Waals surface area contributed by atoms with Crippen molar-refractivity contribution in [3.63, 3.8) is 0 Å². The smallest absolute Gasteiger partial charge is 0.124 e. The van der Waals surface area contributed by atoms with Gasteiger partial charge in [0.25, 0.3) is 0 Å². The first-order valence-electron chi connectivity index (χ1n) is 2.41. The Kier molecular flexibility index (Phi) is 1.64. The number of hydrogen-bond acceptors (Lipinski definition) is 2. The average Bonchev–Trinajstić information content (AvgIpc) is 2.19. The highest BCUT2D eigenvalue weighted by Gasteiger charge is 1.92. The SMILES string of the molecule is [O]CCc1ccon1. The van der Waals surface area contributed by atoms with E-state index in [2.05, 4.69) is 9.68 Å². The molecule has 1 heterocycles. The maximum atomic E-state index is 9.92. The quantitative estimate of drug-likeness (QED) is 0.563. The second-order valence-corrected chi connectivity index (χ2v) is 1.44. The minimum Gasteiger partial charge on any atom is -0.365 e. The summed E-state index contributed by atoms with van der Waals surface area (Å²) in [5.41, 5.74) is 0.736. The van der Waals surface area contributed by atoms with Crippen LogP contribution < -0.4 is 0 Å². The Labute approximate surface area is 46.9 Å². The number of nitrogens with zero attached hydrogens (tertiary/aromatic N) is 1. The fraction of sp³-hybridized carbons (Fsp3) is 0.400. The van der Waals surface area contributed by atoms with Crippen molar-refractivity contribution in [2.75, 3.05) is 6.61 Å². The monoisotopic (exact) mass is 112 g/mol. The zero-order valence-electron chi connectivity index (χ0n) is 4.33. The summed E-state index contributed by atoms with van der Waals surface area (Å²) in [6.07, 6.45) is 1.93. The average molecular weight is 112 g/mol. The lowest BCUT2D eigenvalue weighted by atomic mass is 10.3. The lowest BCUT2D eigenvalue weighted by molar-refractivity contribution is 0.195. The molecule has 1 rings (SSSR count). The minimum atomic E-state index is -0.119. The maximum Gasteiger partial charge on any atom is 0.124 e. The first kappa shape index (κ1) is 5.31. The molecule has 0 bridgehead atoms. The Morgan fingerprint density at radius 2 is 2.62 bits per heavy atom. The maximum absolute atomic E-state index is 9.92. The third-order valence-corrected chi connectivity index (χ3v) is 0.849. The van der Waals surface area contributed by atoms with E-state index in [-0.39, 0.29) is 6.61 Å². The molecule has 0 unspecified atom stereocenters. The van der Waals surface area contributed by atoms with Gasteiger partial charge in [0, 0.05) is 12.5 Å². The van der Waals surface area contributed by atoms with E-state index in [0.29, 0.717) is 6.42 Å². The van der Waals surface area contributed by atoms with Crippen LogP contribution in [0.25, 0.3) is 0 Å². The molecule has 3 heteroatoms. The molecule has 1 aromatic heterocycles. The van der Waals surface area contributed by atoms with Crippen LogP contribution in [0.15, 0.2) is 16.9 Å². The summed E-state index contributed by atoms with van der Waals surface area (Å²) < 4.78 is 4.48. The zero-order chi connectivity index (χ0) is 5.82. The third kappa shape index (κ3) is 1.07. The van der Waals surface area contributed by atoms with E-state index in [1.165, 1.54) is 6.26 Å². The van der Waals surface area contributed by atoms with Crippen LogP contribution in [0.1, 0.15) is 5.69 Å². The van der Waals surface area contributed by atoms with E-state index >= 15 is 0 Å². The van der Waals surface area contributed by atoms with Gasteiger partial charge >= 0.3 is 0 Å². The highest BCUT2D eigenvalue weighted by atomic mass is 16.5. The van der Waals surface area contributed by atoms with Crippen LogP contribution in [-0.2, 0) is 11.5 Å². The van der Waals surface area contributed by atoms with Crippen molar-refractivity contribution in [2.45, 2.75) is 6.42 Å². The van der Waals surface area contributed by atoms with E-state index in [0.717, 1.165) is 5.69 Å². The Morgan fingerprint density at radius 1 is 1.75 bits per heavy atom. The van der Waals surface area contributed by atoms with Crippen molar-refractivity contribution in [1.29, 1.82) is 0 Å². The highest BCUT2D eigenvalue weighted by molar-refractivity contribution is 4.94. The van der Waals surface area contributed by atoms with E-state index < -0.39 is 0 Å². The van der Waals surface area contributed by atoms with Crippen LogP contribution in [0, 0.1) is 0 Å². The van der Waals surface area contributed by atoms with Gasteiger partial charge in [0.1, 0.15) is 6.26 Å². The van der Waals surface area contributed by atoms with Crippen molar-refractivity contribution in [2.24, 2.45) is 0 Å². The van der Waals surface area contributed by atoms with Gasteiger partial charge in [-0.25, -0.2) is 5.11 Å². The lowest BCUT2D eigenvalue weighted by Gasteiger charge is -1.80. The Morgan fingerprint density at radius 3 is 3.12 bits per heavy atom. The molecule has 0 aliphatic heterocycles. The van der Waals surface area contributed by atoms with Crippen LogP contribution in [0.4, 0.5) is 0 Å². The van der Waals surface area contributed by atoms with Crippen molar-refractivity contribution in [1.82, 2.24) is 5.16 Å². The first-order chi connectivity index (χ1) is 3.93. The van der Waals surface area contributed by atoms with Gasteiger partial charge in [-0.1, -0.05) is 5.16 Å². The third-order valence-electron chi connectivity index (χ3n) is 0.849. The van der Waals surface area contributed by atoms with Crippen molar-refractivity contribution in [3.05, 3.63) is 18.0 Å². The molecule has 43 valence electrons. The molecule has 0 spiro atoms. The summed E-state index contributed by atoms with van der Waals surface area (Å²) in [6.45, 7) is -0.119. The van der Waals surface area contributed by atoms with Gasteiger partial charge in [0.2, 0.25) is 0 Å². The summed E-state index contributed by atoms with van der Waals surface area (Å²) >= 11 is 0. The molecule has 0 atom stereocenters. The molecule has 0 fully saturated rings. The fourth-order valence-electron chi connectivity index (χ4n) is 0.471. The molecule has 0 aliphatic rings. The molecular formula is C5H6NO2. The number of aromatic nitrogens is 1. The van der Waals surface area contributed by atoms with Gasteiger partial charge in [-0.3, -0.25) is 0 Å². The second-order valence-electron chi connectivity index (χ2n) is 1.44. The van der Waals surface area contributed by atoms with E-state index in [9.17, 15) is 5.11 Å². The van der Waals surface area contributed by atoms with Gasteiger partial charge in [0.05, 0.1) is 12.3 Å². The lowest BCUT2D eigenvalue weighted by Crippen LogP contribution is -1.87. The summed E-state index contributed by atoms with van der Waals surface area (Å²) in [5, 5.41) is 13.4. The molecule has 0 N–H and O–H groups in total. The van der Waals surface area contributed by atoms with Gasteiger partial charge in [-0.05, 0) is 0 Å². The zero-order valence-corrected chi connectivity index (χ0v) is 4.33. The van der Waals surface area contributed by atoms with Gasteiger partial charge < -0.3 is 4.52 Å². The number of rotatable bonds is 2. The van der Waals surface area contributed by atoms with Crippen molar-refractivity contribution < 1.29 is 9.63 Å². The summed E-state index contributed by atoms with van der Waals surface area (Å²) in [7, 11) is 0. The molecule has 0 amide bonds. The molecule has 1 aromatic rings. The van der Waals surface area contributed by atoms with Crippen LogP contribution in [0.5, 0.6) is 0 Å². The largest absolute Gasteiger partial charge is 0.365 e. The molecule has 1 radical (unpaired) electrons. The molecule has 0 aromatic carbocycles. The van der Waals surface area contributed by atoms with Crippen LogP contribution >= 0.6 is 0 Å². The fourth-order valence-corrected chi connectivity index (χ4v) is 0.471. The normalized spacial score (nSPS) is 9.62. The van der Waals surface area contributed by atoms with Crippen LogP contribution in [0.2, 0.25) is 0 Å². The number of hydrogen-bond donors (Lipinski definition) is 0. The summed E-state index contributed by atoms with van der Waals surface area (Å²) in [5.74, 6) is 0. The standard InChI is InChI=1S/C5H6NO2/c7-3-1-5-2-4-8-6-5/h2,4H,1,3H2. The Hall–Kier alpha value is -0.830. The topological polar surface area (TPSA) is 45.9 Å². The Bertz CT molecular complexity index is 136. The van der Waals surface area contributed by atoms with E-state index in [1.807, 2.05) is 0 Å². The summed E-state index contributed by atoms with van der Waals surface area (Å²) in [6, 6.07) is 1.69. The van der Waals surface area contributed by atoms with Crippen molar-refractivity contribution >= 4 is 0 Å². The van der Waals surface area contributed by atoms with Crippen molar-refractivity contribution in [3.8, 4) is 0 Å². The molecule has 0 aliphatic carbocycles. The van der Waals surface area contributed by atoms with Crippen LogP contribution in [0.3, 0.4) is 0 Å². The van der Waals surface area contributed by atoms with E-state index in [1.54, 1.807) is 6.07 Å². The Balaban J connectivity index is 2.50. The molecule has 0 saturated carbocycles. The molecular weight excluding hydrogens is 106 g/mol. The highest BCUT2D eigenvalue weighted by Crippen LogP contribution is 1.93. The predicted molar refractivity (Wildman–Crippen MR) is 25.8 cm³/mol. The minimum absolute atomic E-state index is 0.119. The van der Waals surface area contributed by atoms with Gasteiger partial charge in [-0.2, -0.15) is 0 Å². The molecule has 0 saturated heterocycles. The molecule has 8 heavy (non-hydrogen) atoms. The first-order valence-corrected chi connectivity index (χ1v) is 2.41. The van der Waals surface area contributed by atoms with E-state index in [4.69, 9.17) is 0 Å². The molecule has 3 nitrogen and oxygen atoms in total. The second kappa shape index (κ2) is 2.47. The van der Waals surface area contributed by atoms with Gasteiger partial charge in [0.15, 0.2) is 0 Å². The van der Waals surface area contributed by atoms with Gasteiger partial charge in [-0.15, -0.1) is 0 Å². The van der Waals surface area contributed by atoms with Crippen LogP contribution in [-0.4, -0.2) is 11.8 Å².